The van der Waals surface area contributed by atoms with E-state index in [1.807, 2.05) is 48.5 Å². The molecule has 3 rings (SSSR count). The fraction of sp³-hybridized carbons (Fsp3) is 0.105. The van der Waals surface area contributed by atoms with Crippen LogP contribution in [0.2, 0.25) is 0 Å². The quantitative estimate of drug-likeness (QED) is 0.524. The molecule has 0 saturated carbocycles. The SMILES string of the molecule is CC(Oc1cccc2cccnc12)C(=O)N/N=C/c1ccccc1Br. The lowest BCUT2D eigenvalue weighted by molar-refractivity contribution is -0.127. The highest BCUT2D eigenvalue weighted by Gasteiger charge is 2.15. The van der Waals surface area contributed by atoms with Crippen molar-refractivity contribution in [1.29, 1.82) is 0 Å². The summed E-state index contributed by atoms with van der Waals surface area (Å²) in [7, 11) is 0. The number of para-hydroxylation sites is 1. The summed E-state index contributed by atoms with van der Waals surface area (Å²) in [4.78, 5) is 16.5. The molecule has 25 heavy (non-hydrogen) atoms. The summed E-state index contributed by atoms with van der Waals surface area (Å²) in [6.07, 6.45) is 2.57. The number of hydrogen-bond donors (Lipinski definition) is 1. The number of ether oxygens (including phenoxy) is 1. The first-order valence-electron chi connectivity index (χ1n) is 7.73. The Morgan fingerprint density at radius 1 is 1.20 bits per heavy atom. The molecule has 0 spiro atoms. The van der Waals surface area contributed by atoms with E-state index in [2.05, 4.69) is 31.4 Å². The highest BCUT2D eigenvalue weighted by Crippen LogP contribution is 2.23. The summed E-state index contributed by atoms with van der Waals surface area (Å²) in [5, 5.41) is 4.94. The van der Waals surface area contributed by atoms with E-state index in [9.17, 15) is 4.79 Å². The number of benzene rings is 2. The van der Waals surface area contributed by atoms with E-state index in [1.54, 1.807) is 25.4 Å². The van der Waals surface area contributed by atoms with Crippen LogP contribution in [0.15, 0.2) is 70.4 Å². The number of hydrazone groups is 1. The van der Waals surface area contributed by atoms with Gasteiger partial charge in [-0.15, -0.1) is 0 Å². The van der Waals surface area contributed by atoms with Crippen LogP contribution >= 0.6 is 15.9 Å². The third kappa shape index (κ3) is 4.22. The minimum absolute atomic E-state index is 0.337. The molecule has 0 saturated heterocycles. The van der Waals surface area contributed by atoms with Crippen LogP contribution in [0, 0.1) is 0 Å². The number of nitrogens with zero attached hydrogens (tertiary/aromatic N) is 2. The lowest BCUT2D eigenvalue weighted by Gasteiger charge is -2.14. The maximum absolute atomic E-state index is 12.2. The van der Waals surface area contributed by atoms with Crippen LogP contribution < -0.4 is 10.2 Å². The number of pyridine rings is 1. The standard InChI is InChI=1S/C19H16BrN3O2/c1-13(19(24)23-22-12-15-6-2-3-9-16(15)20)25-17-10-4-7-14-8-5-11-21-18(14)17/h2-13H,1H3,(H,23,24)/b22-12+. The van der Waals surface area contributed by atoms with Crippen molar-refractivity contribution >= 4 is 39.0 Å². The van der Waals surface area contributed by atoms with E-state index in [0.717, 1.165) is 20.9 Å². The maximum atomic E-state index is 12.2. The zero-order chi connectivity index (χ0) is 17.6. The fourth-order valence-electron chi connectivity index (χ4n) is 2.25. The summed E-state index contributed by atoms with van der Waals surface area (Å²) < 4.78 is 6.66. The molecular weight excluding hydrogens is 382 g/mol. The molecule has 126 valence electrons. The number of fused-ring (bicyclic) bond motifs is 1. The topological polar surface area (TPSA) is 63.6 Å². The molecule has 0 bridgehead atoms. The monoisotopic (exact) mass is 397 g/mol. The second-order valence-electron chi connectivity index (χ2n) is 5.35. The lowest BCUT2D eigenvalue weighted by atomic mass is 10.2. The molecule has 1 N–H and O–H groups in total. The van der Waals surface area contributed by atoms with Crippen molar-refractivity contribution in [2.75, 3.05) is 0 Å². The van der Waals surface area contributed by atoms with Gasteiger partial charge in [-0.25, -0.2) is 5.43 Å². The third-order valence-electron chi connectivity index (χ3n) is 3.55. The normalized spacial score (nSPS) is 12.2. The molecule has 0 fully saturated rings. The van der Waals surface area contributed by atoms with Gasteiger partial charge in [-0.3, -0.25) is 9.78 Å². The Morgan fingerprint density at radius 3 is 2.84 bits per heavy atom. The molecule has 0 aliphatic rings. The van der Waals surface area contributed by atoms with Crippen LogP contribution in [0.3, 0.4) is 0 Å². The summed E-state index contributed by atoms with van der Waals surface area (Å²) >= 11 is 3.42. The maximum Gasteiger partial charge on any atom is 0.280 e. The molecule has 0 radical (unpaired) electrons. The molecule has 1 unspecified atom stereocenters. The lowest BCUT2D eigenvalue weighted by Crippen LogP contribution is -2.33. The second-order valence-corrected chi connectivity index (χ2v) is 6.20. The highest BCUT2D eigenvalue weighted by molar-refractivity contribution is 9.10. The first-order chi connectivity index (χ1) is 12.1. The van der Waals surface area contributed by atoms with Crippen LogP contribution in [0.25, 0.3) is 10.9 Å². The minimum Gasteiger partial charge on any atom is -0.479 e. The molecule has 1 heterocycles. The second kappa shape index (κ2) is 7.90. The first kappa shape index (κ1) is 17.1. The van der Waals surface area contributed by atoms with Crippen molar-refractivity contribution < 1.29 is 9.53 Å². The number of amides is 1. The van der Waals surface area contributed by atoms with E-state index in [-0.39, 0.29) is 5.91 Å². The number of carbonyl (C=O) groups is 1. The Labute approximate surface area is 153 Å². The van der Waals surface area contributed by atoms with Gasteiger partial charge in [-0.05, 0) is 25.1 Å². The van der Waals surface area contributed by atoms with Crippen LogP contribution in [0.1, 0.15) is 12.5 Å². The number of rotatable bonds is 5. The number of hydrogen-bond acceptors (Lipinski definition) is 4. The number of aromatic nitrogens is 1. The van der Waals surface area contributed by atoms with E-state index < -0.39 is 6.10 Å². The molecule has 1 aromatic heterocycles. The average Bonchev–Trinajstić information content (AvgIpc) is 2.63. The van der Waals surface area contributed by atoms with Crippen molar-refractivity contribution in [3.63, 3.8) is 0 Å². The molecule has 2 aromatic carbocycles. The van der Waals surface area contributed by atoms with Gasteiger partial charge in [0.2, 0.25) is 0 Å². The van der Waals surface area contributed by atoms with E-state index >= 15 is 0 Å². The fourth-order valence-corrected chi connectivity index (χ4v) is 2.64. The van der Waals surface area contributed by atoms with Gasteiger partial charge in [0.15, 0.2) is 6.10 Å². The Kier molecular flexibility index (Phi) is 5.40. The summed E-state index contributed by atoms with van der Waals surface area (Å²) in [6, 6.07) is 17.0. The molecule has 3 aromatic rings. The van der Waals surface area contributed by atoms with Crippen molar-refractivity contribution in [3.8, 4) is 5.75 Å². The zero-order valence-electron chi connectivity index (χ0n) is 13.5. The summed E-state index contributed by atoms with van der Waals surface area (Å²) in [5.41, 5.74) is 4.08. The van der Waals surface area contributed by atoms with Gasteiger partial charge in [-0.2, -0.15) is 5.10 Å². The van der Waals surface area contributed by atoms with E-state index in [1.165, 1.54) is 0 Å². The molecule has 1 amide bonds. The Balaban J connectivity index is 1.65. The van der Waals surface area contributed by atoms with Gasteiger partial charge in [0.1, 0.15) is 11.3 Å². The first-order valence-corrected chi connectivity index (χ1v) is 8.52. The largest absolute Gasteiger partial charge is 0.479 e. The van der Waals surface area contributed by atoms with E-state index in [4.69, 9.17) is 4.74 Å². The van der Waals surface area contributed by atoms with E-state index in [0.29, 0.717) is 5.75 Å². The van der Waals surface area contributed by atoms with Gasteiger partial charge >= 0.3 is 0 Å². The van der Waals surface area contributed by atoms with Crippen molar-refractivity contribution in [1.82, 2.24) is 10.4 Å². The zero-order valence-corrected chi connectivity index (χ0v) is 15.1. The molecule has 0 aliphatic carbocycles. The minimum atomic E-state index is -0.705. The van der Waals surface area contributed by atoms with Gasteiger partial charge in [0.05, 0.1) is 6.21 Å². The van der Waals surface area contributed by atoms with Crippen LogP contribution in [0.4, 0.5) is 0 Å². The third-order valence-corrected chi connectivity index (χ3v) is 4.27. The highest BCUT2D eigenvalue weighted by atomic mass is 79.9. The Bertz CT molecular complexity index is 922. The molecule has 0 aliphatic heterocycles. The van der Waals surface area contributed by atoms with Gasteiger partial charge < -0.3 is 4.74 Å². The number of halogens is 1. The van der Waals surface area contributed by atoms with Crippen LogP contribution in [-0.4, -0.2) is 23.2 Å². The van der Waals surface area contributed by atoms with Gasteiger partial charge in [-0.1, -0.05) is 52.3 Å². The van der Waals surface area contributed by atoms with Crippen LogP contribution in [-0.2, 0) is 4.79 Å². The Morgan fingerprint density at radius 2 is 2.00 bits per heavy atom. The number of nitrogens with one attached hydrogen (secondary N) is 1. The van der Waals surface area contributed by atoms with Gasteiger partial charge in [0, 0.05) is 21.6 Å². The number of carbonyl (C=O) groups excluding carboxylic acids is 1. The predicted octanol–water partition coefficient (Wildman–Crippen LogP) is 3.91. The summed E-state index contributed by atoms with van der Waals surface area (Å²) in [6.45, 7) is 1.67. The van der Waals surface area contributed by atoms with Gasteiger partial charge in [0.25, 0.3) is 5.91 Å². The predicted molar refractivity (Wildman–Crippen MR) is 102 cm³/mol. The molecule has 6 heteroatoms. The molecular formula is C19H16BrN3O2. The van der Waals surface area contributed by atoms with Crippen LogP contribution in [0.5, 0.6) is 5.75 Å². The van der Waals surface area contributed by atoms with Crippen molar-refractivity contribution in [2.24, 2.45) is 5.10 Å². The van der Waals surface area contributed by atoms with Crippen molar-refractivity contribution in [3.05, 3.63) is 70.8 Å². The smallest absolute Gasteiger partial charge is 0.280 e. The molecule has 5 nitrogen and oxygen atoms in total. The summed E-state index contributed by atoms with van der Waals surface area (Å²) in [5.74, 6) is 0.228. The Hall–Kier alpha value is -2.73. The average molecular weight is 398 g/mol. The molecule has 1 atom stereocenters. The van der Waals surface area contributed by atoms with Crippen molar-refractivity contribution in [2.45, 2.75) is 13.0 Å².